The normalized spacial score (nSPS) is 12.8. The van der Waals surface area contributed by atoms with Gasteiger partial charge in [0.15, 0.2) is 0 Å². The third-order valence-corrected chi connectivity index (χ3v) is 11.4. The number of rotatable bonds is 45. The summed E-state index contributed by atoms with van der Waals surface area (Å²) in [5.41, 5.74) is 0. The van der Waals surface area contributed by atoms with Crippen LogP contribution in [0.4, 0.5) is 0 Å². The number of aliphatic carboxylic acids is 1. The Labute approximate surface area is 340 Å². The lowest BCUT2D eigenvalue weighted by Crippen LogP contribution is -2.13. The molecule has 0 aromatic carbocycles. The van der Waals surface area contributed by atoms with Crippen LogP contribution in [0.3, 0.4) is 0 Å². The maximum absolute atomic E-state index is 11.7. The summed E-state index contributed by atoms with van der Waals surface area (Å²) in [6.07, 6.45) is 70.8. The van der Waals surface area contributed by atoms with Crippen molar-refractivity contribution in [2.75, 3.05) is 0 Å². The fraction of sp³-hybridized carbons (Fsp3) is 0.827. The number of hydrogen-bond acceptors (Lipinski definition) is 1. The Morgan fingerprint density at radius 1 is 0.333 bits per heavy atom. The van der Waals surface area contributed by atoms with Crippen molar-refractivity contribution in [1.29, 1.82) is 0 Å². The molecule has 0 fully saturated rings. The largest absolute Gasteiger partial charge is 0.481 e. The highest BCUT2D eigenvalue weighted by atomic mass is 16.4. The molecule has 0 saturated heterocycles. The van der Waals surface area contributed by atoms with E-state index in [1.807, 2.05) is 0 Å². The van der Waals surface area contributed by atoms with Crippen molar-refractivity contribution in [3.63, 3.8) is 0 Å². The molecule has 0 spiro atoms. The van der Waals surface area contributed by atoms with Crippen molar-refractivity contribution >= 4 is 5.97 Å². The van der Waals surface area contributed by atoms with Gasteiger partial charge in [-0.15, -0.1) is 0 Å². The third kappa shape index (κ3) is 44.8. The van der Waals surface area contributed by atoms with Crippen LogP contribution < -0.4 is 0 Å². The molecular formula is C52H96O2. The van der Waals surface area contributed by atoms with Crippen LogP contribution in [0.1, 0.15) is 271 Å². The Morgan fingerprint density at radius 3 is 0.907 bits per heavy atom. The fourth-order valence-corrected chi connectivity index (χ4v) is 7.66. The van der Waals surface area contributed by atoms with Gasteiger partial charge in [-0.1, -0.05) is 268 Å². The Morgan fingerprint density at radius 2 is 0.593 bits per heavy atom. The van der Waals surface area contributed by atoms with Crippen LogP contribution in [0.25, 0.3) is 0 Å². The van der Waals surface area contributed by atoms with Gasteiger partial charge in [0.2, 0.25) is 0 Å². The van der Waals surface area contributed by atoms with Crippen LogP contribution >= 0.6 is 0 Å². The minimum Gasteiger partial charge on any atom is -0.481 e. The van der Waals surface area contributed by atoms with Gasteiger partial charge in [-0.25, -0.2) is 0 Å². The molecule has 0 saturated carbocycles. The fourth-order valence-electron chi connectivity index (χ4n) is 7.66. The predicted octanol–water partition coefficient (Wildman–Crippen LogP) is 18.6. The van der Waals surface area contributed by atoms with E-state index in [4.69, 9.17) is 0 Å². The second-order valence-electron chi connectivity index (χ2n) is 16.7. The van der Waals surface area contributed by atoms with Gasteiger partial charge >= 0.3 is 5.97 Å². The van der Waals surface area contributed by atoms with Crippen molar-refractivity contribution in [2.24, 2.45) is 5.92 Å². The molecule has 0 radical (unpaired) electrons. The Kier molecular flexibility index (Phi) is 46.2. The van der Waals surface area contributed by atoms with Crippen LogP contribution in [-0.4, -0.2) is 11.1 Å². The predicted molar refractivity (Wildman–Crippen MR) is 244 cm³/mol. The molecule has 0 heterocycles. The standard InChI is InChI=1S/C52H96O2/c1-3-5-7-9-11-13-15-17-19-21-22-23-24-25-26-27-28-29-30-31-32-33-34-36-38-40-42-44-46-48-50-51(52(53)54)49-47-45-43-41-39-37-35-20-18-16-14-12-10-8-6-4-2/h12,14,18,20,37,39,43,45,51H,3-11,13,15-17,19,21-36,38,40-42,44,46-50H2,1-2H3,(H,53,54)/b14-12-,20-18-,39-37-,45-43-. The third-order valence-electron chi connectivity index (χ3n) is 11.4. The molecule has 0 aliphatic carbocycles. The summed E-state index contributed by atoms with van der Waals surface area (Å²) < 4.78 is 0. The second kappa shape index (κ2) is 47.6. The first-order valence-corrected chi connectivity index (χ1v) is 24.5. The van der Waals surface area contributed by atoms with Gasteiger partial charge in [0.25, 0.3) is 0 Å². The molecule has 316 valence electrons. The Balaban J connectivity index is 3.40. The zero-order valence-corrected chi connectivity index (χ0v) is 36.8. The molecule has 0 bridgehead atoms. The maximum atomic E-state index is 11.7. The summed E-state index contributed by atoms with van der Waals surface area (Å²) in [4.78, 5) is 11.7. The zero-order chi connectivity index (χ0) is 39.1. The first-order chi connectivity index (χ1) is 26.7. The van der Waals surface area contributed by atoms with Gasteiger partial charge in [-0.05, 0) is 51.4 Å². The smallest absolute Gasteiger partial charge is 0.306 e. The van der Waals surface area contributed by atoms with E-state index in [1.165, 1.54) is 212 Å². The summed E-state index contributed by atoms with van der Waals surface area (Å²) in [5, 5.41) is 9.66. The molecule has 0 amide bonds. The van der Waals surface area contributed by atoms with Gasteiger partial charge in [0.05, 0.1) is 5.92 Å². The average Bonchev–Trinajstić information content (AvgIpc) is 3.17. The van der Waals surface area contributed by atoms with Gasteiger partial charge < -0.3 is 5.11 Å². The maximum Gasteiger partial charge on any atom is 0.306 e. The first kappa shape index (κ1) is 52.4. The van der Waals surface area contributed by atoms with Gasteiger partial charge in [-0.2, -0.15) is 0 Å². The van der Waals surface area contributed by atoms with Crippen LogP contribution in [-0.2, 0) is 4.79 Å². The van der Waals surface area contributed by atoms with Gasteiger partial charge in [0, 0.05) is 0 Å². The van der Waals surface area contributed by atoms with Crippen LogP contribution in [0, 0.1) is 5.92 Å². The highest BCUT2D eigenvalue weighted by molar-refractivity contribution is 5.69. The average molecular weight is 753 g/mol. The zero-order valence-electron chi connectivity index (χ0n) is 36.8. The lowest BCUT2D eigenvalue weighted by molar-refractivity contribution is -0.142. The SMILES string of the molecule is CCCCC/C=C\C/C=C\C/C=C\C/C=C\CCC(CCCCCCCCCCCCCCCCCCCCCCCCCCCCCCCC)C(=O)O. The van der Waals surface area contributed by atoms with Crippen molar-refractivity contribution < 1.29 is 9.90 Å². The molecule has 0 rings (SSSR count). The number of carboxylic acid groups (broad SMARTS) is 1. The Bertz CT molecular complexity index is 835. The van der Waals surface area contributed by atoms with E-state index < -0.39 is 5.97 Å². The van der Waals surface area contributed by atoms with Crippen molar-refractivity contribution in [3.05, 3.63) is 48.6 Å². The minimum absolute atomic E-state index is 0.185. The molecule has 2 nitrogen and oxygen atoms in total. The molecule has 1 N–H and O–H groups in total. The summed E-state index contributed by atoms with van der Waals surface area (Å²) in [6, 6.07) is 0. The molecule has 2 heteroatoms. The number of hydrogen-bond donors (Lipinski definition) is 1. The van der Waals surface area contributed by atoms with Crippen molar-refractivity contribution in [2.45, 2.75) is 271 Å². The van der Waals surface area contributed by atoms with Crippen LogP contribution in [0.15, 0.2) is 48.6 Å². The van der Waals surface area contributed by atoms with Crippen molar-refractivity contribution in [1.82, 2.24) is 0 Å². The molecule has 0 aliphatic heterocycles. The molecule has 54 heavy (non-hydrogen) atoms. The van der Waals surface area contributed by atoms with Crippen LogP contribution in [0.5, 0.6) is 0 Å². The van der Waals surface area contributed by atoms with E-state index in [-0.39, 0.29) is 5.92 Å². The van der Waals surface area contributed by atoms with E-state index in [0.717, 1.165) is 44.9 Å². The van der Waals surface area contributed by atoms with Crippen LogP contribution in [0.2, 0.25) is 0 Å². The van der Waals surface area contributed by atoms with E-state index in [0.29, 0.717) is 0 Å². The summed E-state index contributed by atoms with van der Waals surface area (Å²) in [5.74, 6) is -0.795. The number of allylic oxidation sites excluding steroid dienone is 8. The lowest BCUT2D eigenvalue weighted by atomic mass is 9.95. The quantitative estimate of drug-likeness (QED) is 0.0497. The summed E-state index contributed by atoms with van der Waals surface area (Å²) in [6.45, 7) is 4.55. The summed E-state index contributed by atoms with van der Waals surface area (Å²) in [7, 11) is 0. The van der Waals surface area contributed by atoms with Gasteiger partial charge in [-0.3, -0.25) is 4.79 Å². The molecule has 1 atom stereocenters. The van der Waals surface area contributed by atoms with Gasteiger partial charge in [0.1, 0.15) is 0 Å². The highest BCUT2D eigenvalue weighted by Gasteiger charge is 2.15. The number of carbonyl (C=O) groups is 1. The number of unbranched alkanes of at least 4 members (excludes halogenated alkanes) is 32. The minimum atomic E-state index is -0.610. The molecule has 0 aromatic rings. The van der Waals surface area contributed by atoms with Crippen molar-refractivity contribution in [3.8, 4) is 0 Å². The summed E-state index contributed by atoms with van der Waals surface area (Å²) >= 11 is 0. The molecule has 1 unspecified atom stereocenters. The first-order valence-electron chi connectivity index (χ1n) is 24.5. The second-order valence-corrected chi connectivity index (χ2v) is 16.7. The topological polar surface area (TPSA) is 37.3 Å². The monoisotopic (exact) mass is 753 g/mol. The lowest BCUT2D eigenvalue weighted by Gasteiger charge is -2.10. The molecular weight excluding hydrogens is 657 g/mol. The molecule has 0 aromatic heterocycles. The van der Waals surface area contributed by atoms with E-state index in [9.17, 15) is 9.90 Å². The van der Waals surface area contributed by atoms with E-state index >= 15 is 0 Å². The molecule has 0 aliphatic rings. The number of carboxylic acids is 1. The van der Waals surface area contributed by atoms with E-state index in [1.54, 1.807) is 0 Å². The van der Waals surface area contributed by atoms with E-state index in [2.05, 4.69) is 62.5 Å². The highest BCUT2D eigenvalue weighted by Crippen LogP contribution is 2.19. The Hall–Kier alpha value is -1.57.